The predicted molar refractivity (Wildman–Crippen MR) is 136 cm³/mol. The van der Waals surface area contributed by atoms with E-state index >= 15 is 0 Å². The van der Waals surface area contributed by atoms with Crippen molar-refractivity contribution in [2.45, 2.75) is 44.7 Å². The average molecular weight is 493 g/mol. The highest BCUT2D eigenvalue weighted by Gasteiger charge is 2.39. The molecular formula is C28H32N2O6. The lowest BCUT2D eigenvalue weighted by atomic mass is 10.00. The summed E-state index contributed by atoms with van der Waals surface area (Å²) in [5.41, 5.74) is 0.927. The Labute approximate surface area is 211 Å². The molecule has 1 aliphatic carbocycles. The molecule has 0 bridgehead atoms. The zero-order valence-electron chi connectivity index (χ0n) is 20.9. The molecule has 8 nitrogen and oxygen atoms in total. The van der Waals surface area contributed by atoms with Gasteiger partial charge in [-0.2, -0.15) is 0 Å². The Morgan fingerprint density at radius 3 is 2.42 bits per heavy atom. The van der Waals surface area contributed by atoms with Crippen LogP contribution in [0, 0.1) is 0 Å². The quantitative estimate of drug-likeness (QED) is 0.421. The van der Waals surface area contributed by atoms with Crippen LogP contribution in [-0.2, 0) is 4.79 Å². The minimum atomic E-state index is -1.09. The lowest BCUT2D eigenvalue weighted by Crippen LogP contribution is -2.46. The highest BCUT2D eigenvalue weighted by molar-refractivity contribution is 6.09. The SMILES string of the molecule is CCOc1ccccc1N(C(=O)c1ccco1)[C@H](C(=O)NC1CCCC1)c1cccc(OC)c1OC. The molecule has 190 valence electrons. The summed E-state index contributed by atoms with van der Waals surface area (Å²) in [6, 6.07) is 14.6. The van der Waals surface area contributed by atoms with Gasteiger partial charge in [-0.05, 0) is 50.1 Å². The molecule has 1 aromatic heterocycles. The number of rotatable bonds is 10. The van der Waals surface area contributed by atoms with Gasteiger partial charge in [0.25, 0.3) is 5.91 Å². The Bertz CT molecular complexity index is 1170. The van der Waals surface area contributed by atoms with Gasteiger partial charge in [-0.25, -0.2) is 0 Å². The summed E-state index contributed by atoms with van der Waals surface area (Å²) in [4.78, 5) is 29.5. The predicted octanol–water partition coefficient (Wildman–Crippen LogP) is 5.14. The molecule has 0 aliphatic heterocycles. The van der Waals surface area contributed by atoms with E-state index in [4.69, 9.17) is 18.6 Å². The van der Waals surface area contributed by atoms with E-state index in [-0.39, 0.29) is 17.7 Å². The largest absolute Gasteiger partial charge is 0.493 e. The van der Waals surface area contributed by atoms with Gasteiger partial charge in [0.05, 0.1) is 32.8 Å². The Kier molecular flexibility index (Phi) is 8.15. The lowest BCUT2D eigenvalue weighted by Gasteiger charge is -2.33. The first-order valence-electron chi connectivity index (χ1n) is 12.2. The number of nitrogens with one attached hydrogen (secondary N) is 1. The Morgan fingerprint density at radius 2 is 1.75 bits per heavy atom. The standard InChI is InChI=1S/C28H32N2O6/c1-4-35-22-15-8-7-14-21(22)30(28(32)24-17-10-18-36-24)25(27(31)29-19-11-5-6-12-19)20-13-9-16-23(33-2)26(20)34-3/h7-10,13-19,25H,4-6,11-12H2,1-3H3,(H,29,31)/t25-/m0/s1. The third-order valence-corrected chi connectivity index (χ3v) is 6.31. The van der Waals surface area contributed by atoms with Crippen molar-refractivity contribution in [1.29, 1.82) is 0 Å². The van der Waals surface area contributed by atoms with Crippen molar-refractivity contribution in [2.24, 2.45) is 0 Å². The van der Waals surface area contributed by atoms with Crippen molar-refractivity contribution in [1.82, 2.24) is 5.32 Å². The summed E-state index contributed by atoms with van der Waals surface area (Å²) in [7, 11) is 3.05. The molecule has 1 N–H and O–H groups in total. The number of hydrogen-bond donors (Lipinski definition) is 1. The van der Waals surface area contributed by atoms with Gasteiger partial charge < -0.3 is 23.9 Å². The smallest absolute Gasteiger partial charge is 0.295 e. The molecule has 0 unspecified atom stereocenters. The zero-order chi connectivity index (χ0) is 25.5. The van der Waals surface area contributed by atoms with Gasteiger partial charge in [-0.15, -0.1) is 0 Å². The third-order valence-electron chi connectivity index (χ3n) is 6.31. The number of ether oxygens (including phenoxy) is 3. The molecule has 4 rings (SSSR count). The van der Waals surface area contributed by atoms with Gasteiger partial charge >= 0.3 is 0 Å². The maximum absolute atomic E-state index is 14.1. The van der Waals surface area contributed by atoms with Gasteiger partial charge in [0.15, 0.2) is 17.3 Å². The number of amides is 2. The molecule has 36 heavy (non-hydrogen) atoms. The highest BCUT2D eigenvalue weighted by atomic mass is 16.5. The van der Waals surface area contributed by atoms with Gasteiger partial charge in [0.1, 0.15) is 11.8 Å². The molecule has 2 amide bonds. The fraction of sp³-hybridized carbons (Fsp3) is 0.357. The van der Waals surface area contributed by atoms with Crippen LogP contribution in [0.2, 0.25) is 0 Å². The number of methoxy groups -OCH3 is 2. The summed E-state index contributed by atoms with van der Waals surface area (Å²) in [5, 5.41) is 3.17. The molecule has 0 radical (unpaired) electrons. The van der Waals surface area contributed by atoms with Crippen LogP contribution in [0.4, 0.5) is 5.69 Å². The lowest BCUT2D eigenvalue weighted by molar-refractivity contribution is -0.123. The maximum Gasteiger partial charge on any atom is 0.295 e. The van der Waals surface area contributed by atoms with E-state index in [9.17, 15) is 9.59 Å². The Hall–Kier alpha value is -3.94. The van der Waals surface area contributed by atoms with Crippen LogP contribution in [-0.4, -0.2) is 38.7 Å². The first kappa shape index (κ1) is 25.2. The summed E-state index contributed by atoms with van der Waals surface area (Å²) in [6.07, 6.45) is 5.34. The second kappa shape index (κ2) is 11.7. The molecule has 2 aromatic carbocycles. The number of hydrogen-bond acceptors (Lipinski definition) is 6. The van der Waals surface area contributed by atoms with Gasteiger partial charge in [0.2, 0.25) is 5.91 Å². The molecular weight excluding hydrogens is 460 g/mol. The fourth-order valence-electron chi connectivity index (χ4n) is 4.69. The molecule has 1 aliphatic rings. The van der Waals surface area contributed by atoms with Crippen molar-refractivity contribution < 1.29 is 28.2 Å². The normalized spacial score (nSPS) is 14.2. The zero-order valence-corrected chi connectivity index (χ0v) is 20.9. The average Bonchev–Trinajstić information content (AvgIpc) is 3.62. The van der Waals surface area contributed by atoms with E-state index in [1.807, 2.05) is 13.0 Å². The summed E-state index contributed by atoms with van der Waals surface area (Å²) in [6.45, 7) is 2.26. The van der Waals surface area contributed by atoms with Crippen LogP contribution in [0.5, 0.6) is 17.2 Å². The number of furan rings is 1. The summed E-state index contributed by atoms with van der Waals surface area (Å²) >= 11 is 0. The van der Waals surface area contributed by atoms with Crippen LogP contribution in [0.15, 0.2) is 65.3 Å². The van der Waals surface area contributed by atoms with Gasteiger partial charge in [0, 0.05) is 11.6 Å². The molecule has 1 saturated carbocycles. The van der Waals surface area contributed by atoms with E-state index in [0.29, 0.717) is 35.1 Å². The second-order valence-electron chi connectivity index (χ2n) is 8.53. The minimum absolute atomic E-state index is 0.0410. The molecule has 0 saturated heterocycles. The van der Waals surface area contributed by atoms with Crippen molar-refractivity contribution in [3.05, 3.63) is 72.2 Å². The van der Waals surface area contributed by atoms with Gasteiger partial charge in [-0.3, -0.25) is 14.5 Å². The number of benzene rings is 2. The van der Waals surface area contributed by atoms with Crippen LogP contribution in [0.1, 0.15) is 54.8 Å². The molecule has 1 atom stereocenters. The molecule has 3 aromatic rings. The van der Waals surface area contributed by atoms with Crippen LogP contribution >= 0.6 is 0 Å². The van der Waals surface area contributed by atoms with Crippen molar-refractivity contribution in [3.8, 4) is 17.2 Å². The van der Waals surface area contributed by atoms with E-state index < -0.39 is 11.9 Å². The van der Waals surface area contributed by atoms with Crippen LogP contribution in [0.25, 0.3) is 0 Å². The number of anilines is 1. The Morgan fingerprint density at radius 1 is 1.00 bits per heavy atom. The van der Waals surface area contributed by atoms with Crippen molar-refractivity contribution in [3.63, 3.8) is 0 Å². The fourth-order valence-corrected chi connectivity index (χ4v) is 4.69. The van der Waals surface area contributed by atoms with Crippen molar-refractivity contribution >= 4 is 17.5 Å². The van der Waals surface area contributed by atoms with Gasteiger partial charge in [-0.1, -0.05) is 37.1 Å². The molecule has 1 fully saturated rings. The Balaban J connectivity index is 1.92. The van der Waals surface area contributed by atoms with Crippen molar-refractivity contribution in [2.75, 3.05) is 25.7 Å². The van der Waals surface area contributed by atoms with E-state index in [1.54, 1.807) is 48.5 Å². The van der Waals surface area contributed by atoms with E-state index in [2.05, 4.69) is 5.32 Å². The first-order valence-corrected chi connectivity index (χ1v) is 12.2. The molecule has 8 heteroatoms. The number of para-hydroxylation sites is 3. The van der Waals surface area contributed by atoms with Crippen LogP contribution < -0.4 is 24.4 Å². The highest BCUT2D eigenvalue weighted by Crippen LogP contribution is 2.42. The maximum atomic E-state index is 14.1. The first-order chi connectivity index (χ1) is 17.6. The monoisotopic (exact) mass is 492 g/mol. The minimum Gasteiger partial charge on any atom is -0.493 e. The van der Waals surface area contributed by atoms with Crippen LogP contribution in [0.3, 0.4) is 0 Å². The molecule has 0 spiro atoms. The topological polar surface area (TPSA) is 90.2 Å². The summed E-state index contributed by atoms with van der Waals surface area (Å²) in [5.74, 6) is 0.598. The second-order valence-corrected chi connectivity index (χ2v) is 8.53. The summed E-state index contributed by atoms with van der Waals surface area (Å²) < 4.78 is 22.6. The van der Waals surface area contributed by atoms with E-state index in [1.165, 1.54) is 25.4 Å². The van der Waals surface area contributed by atoms with E-state index in [0.717, 1.165) is 25.7 Å². The third kappa shape index (κ3) is 5.17. The number of carbonyl (C=O) groups excluding carboxylic acids is 2. The number of nitrogens with zero attached hydrogens (tertiary/aromatic N) is 1. The number of carbonyl (C=O) groups is 2. The molecule has 1 heterocycles.